The maximum absolute atomic E-state index is 12.5. The lowest BCUT2D eigenvalue weighted by atomic mass is 10.2. The molecule has 0 unspecified atom stereocenters. The third-order valence-corrected chi connectivity index (χ3v) is 5.22. The summed E-state index contributed by atoms with van der Waals surface area (Å²) in [5.74, 6) is 2.17. The van der Waals surface area contributed by atoms with Crippen molar-refractivity contribution in [1.82, 2.24) is 24.8 Å². The van der Waals surface area contributed by atoms with E-state index in [2.05, 4.69) is 30.5 Å². The van der Waals surface area contributed by atoms with Crippen molar-refractivity contribution in [2.75, 3.05) is 49.6 Å². The zero-order valence-electron chi connectivity index (χ0n) is 18.1. The van der Waals surface area contributed by atoms with E-state index in [1.165, 1.54) is 10.9 Å². The van der Waals surface area contributed by atoms with Gasteiger partial charge in [0.05, 0.1) is 30.4 Å². The van der Waals surface area contributed by atoms with Gasteiger partial charge < -0.3 is 20.3 Å². The van der Waals surface area contributed by atoms with Crippen LogP contribution in [0.4, 0.5) is 11.6 Å². The number of amides is 1. The van der Waals surface area contributed by atoms with Crippen molar-refractivity contribution in [3.8, 4) is 0 Å². The first-order valence-corrected chi connectivity index (χ1v) is 10.7. The number of hydrogen-bond acceptors (Lipinski definition) is 8. The Hall–Kier alpha value is -3.53. The second-order valence-electron chi connectivity index (χ2n) is 7.55. The van der Waals surface area contributed by atoms with Gasteiger partial charge in [0.15, 0.2) is 0 Å². The highest BCUT2D eigenvalue weighted by Crippen LogP contribution is 2.16. The van der Waals surface area contributed by atoms with Crippen LogP contribution >= 0.6 is 0 Å². The summed E-state index contributed by atoms with van der Waals surface area (Å²) in [5.41, 5.74) is 0.515. The average molecular weight is 438 g/mol. The van der Waals surface area contributed by atoms with Crippen LogP contribution in [0.2, 0.25) is 0 Å². The Morgan fingerprint density at radius 1 is 1.16 bits per heavy atom. The largest absolute Gasteiger partial charge is 0.378 e. The summed E-state index contributed by atoms with van der Waals surface area (Å²) in [5, 5.41) is 6.65. The standard InChI is InChI=1S/C22H27N7O3/c1-16-26-19(14-20(27-16)28-10-12-32-13-11-28)23-7-8-24-21(30)6-9-29-15-25-18-5-3-2-4-17(18)22(29)31/h2-5,14-15H,6-13H2,1H3,(H,24,30)(H,23,26,27). The molecule has 1 fully saturated rings. The Bertz CT molecular complexity index is 1140. The van der Waals surface area contributed by atoms with E-state index in [0.717, 1.165) is 24.7 Å². The minimum atomic E-state index is -0.139. The van der Waals surface area contributed by atoms with Gasteiger partial charge in [-0.3, -0.25) is 14.2 Å². The number of ether oxygens (including phenoxy) is 1. The Balaban J connectivity index is 1.24. The number of para-hydroxylation sites is 1. The van der Waals surface area contributed by atoms with Crippen LogP contribution in [-0.4, -0.2) is 64.8 Å². The summed E-state index contributed by atoms with van der Waals surface area (Å²) < 4.78 is 6.86. The number of carbonyl (C=O) groups is 1. The highest BCUT2D eigenvalue weighted by atomic mass is 16.5. The van der Waals surface area contributed by atoms with E-state index < -0.39 is 0 Å². The van der Waals surface area contributed by atoms with E-state index >= 15 is 0 Å². The molecule has 1 aromatic carbocycles. The molecule has 0 bridgehead atoms. The fraction of sp³-hybridized carbons (Fsp3) is 0.409. The van der Waals surface area contributed by atoms with Crippen molar-refractivity contribution in [2.24, 2.45) is 0 Å². The SMILES string of the molecule is Cc1nc(NCCNC(=O)CCn2cnc3ccccc3c2=O)cc(N2CCOCC2)n1. The van der Waals surface area contributed by atoms with E-state index in [1.807, 2.05) is 19.1 Å². The molecule has 3 heterocycles. The summed E-state index contributed by atoms with van der Waals surface area (Å²) in [6.45, 7) is 6.12. The molecule has 0 atom stereocenters. The molecular formula is C22H27N7O3. The molecule has 1 aliphatic rings. The minimum Gasteiger partial charge on any atom is -0.378 e. The van der Waals surface area contributed by atoms with E-state index in [0.29, 0.717) is 43.0 Å². The number of morpholine rings is 1. The first kappa shape index (κ1) is 21.7. The molecule has 2 N–H and O–H groups in total. The molecule has 1 amide bonds. The van der Waals surface area contributed by atoms with Crippen LogP contribution < -0.4 is 21.1 Å². The van der Waals surface area contributed by atoms with E-state index in [-0.39, 0.29) is 24.4 Å². The number of aromatic nitrogens is 4. The molecule has 0 saturated carbocycles. The number of nitrogens with one attached hydrogen (secondary N) is 2. The summed E-state index contributed by atoms with van der Waals surface area (Å²) >= 11 is 0. The van der Waals surface area contributed by atoms with Crippen LogP contribution in [0.1, 0.15) is 12.2 Å². The van der Waals surface area contributed by atoms with Crippen LogP contribution in [0.15, 0.2) is 41.5 Å². The van der Waals surface area contributed by atoms with Crippen LogP contribution in [0.25, 0.3) is 10.9 Å². The smallest absolute Gasteiger partial charge is 0.261 e. The zero-order valence-corrected chi connectivity index (χ0v) is 18.1. The Morgan fingerprint density at radius 2 is 1.97 bits per heavy atom. The zero-order chi connectivity index (χ0) is 22.3. The van der Waals surface area contributed by atoms with E-state index in [1.54, 1.807) is 18.2 Å². The third kappa shape index (κ3) is 5.38. The number of fused-ring (bicyclic) bond motifs is 1. The van der Waals surface area contributed by atoms with Crippen LogP contribution in [0.5, 0.6) is 0 Å². The highest BCUT2D eigenvalue weighted by Gasteiger charge is 2.14. The van der Waals surface area contributed by atoms with Crippen molar-refractivity contribution in [3.05, 3.63) is 52.8 Å². The normalized spacial score (nSPS) is 13.8. The number of carbonyl (C=O) groups excluding carboxylic acids is 1. The summed E-state index contributed by atoms with van der Waals surface area (Å²) in [6.07, 6.45) is 1.69. The monoisotopic (exact) mass is 437 g/mol. The van der Waals surface area contributed by atoms with Gasteiger partial charge in [0.2, 0.25) is 5.91 Å². The summed E-state index contributed by atoms with van der Waals surface area (Å²) in [4.78, 5) is 40.1. The Morgan fingerprint density at radius 3 is 2.81 bits per heavy atom. The lowest BCUT2D eigenvalue weighted by Gasteiger charge is -2.28. The Kier molecular flexibility index (Phi) is 6.90. The van der Waals surface area contributed by atoms with Crippen molar-refractivity contribution in [1.29, 1.82) is 0 Å². The molecule has 32 heavy (non-hydrogen) atoms. The van der Waals surface area contributed by atoms with E-state index in [9.17, 15) is 9.59 Å². The van der Waals surface area contributed by atoms with Crippen molar-refractivity contribution in [3.63, 3.8) is 0 Å². The first-order valence-electron chi connectivity index (χ1n) is 10.7. The van der Waals surface area contributed by atoms with Gasteiger partial charge in [-0.05, 0) is 19.1 Å². The van der Waals surface area contributed by atoms with Crippen LogP contribution in [-0.2, 0) is 16.1 Å². The summed E-state index contributed by atoms with van der Waals surface area (Å²) in [7, 11) is 0. The number of aryl methyl sites for hydroxylation is 2. The van der Waals surface area contributed by atoms with Crippen molar-refractivity contribution < 1.29 is 9.53 Å². The van der Waals surface area contributed by atoms with Gasteiger partial charge in [-0.1, -0.05) is 12.1 Å². The fourth-order valence-electron chi connectivity index (χ4n) is 3.57. The Labute approximate surface area is 185 Å². The number of hydrogen-bond donors (Lipinski definition) is 2. The van der Waals surface area contributed by atoms with Gasteiger partial charge in [-0.15, -0.1) is 0 Å². The second-order valence-corrected chi connectivity index (χ2v) is 7.55. The predicted molar refractivity (Wildman–Crippen MR) is 122 cm³/mol. The maximum Gasteiger partial charge on any atom is 0.261 e. The number of benzene rings is 1. The molecule has 10 heteroatoms. The molecule has 0 radical (unpaired) electrons. The lowest BCUT2D eigenvalue weighted by Crippen LogP contribution is -2.37. The molecule has 1 aliphatic heterocycles. The van der Waals surface area contributed by atoms with Gasteiger partial charge in [-0.2, -0.15) is 0 Å². The number of anilines is 2. The highest BCUT2D eigenvalue weighted by molar-refractivity contribution is 5.77. The predicted octanol–water partition coefficient (Wildman–Crippen LogP) is 0.950. The average Bonchev–Trinajstić information content (AvgIpc) is 2.82. The lowest BCUT2D eigenvalue weighted by molar-refractivity contribution is -0.121. The van der Waals surface area contributed by atoms with Gasteiger partial charge in [0.25, 0.3) is 5.56 Å². The number of rotatable bonds is 8. The van der Waals surface area contributed by atoms with Crippen molar-refractivity contribution >= 4 is 28.4 Å². The summed E-state index contributed by atoms with van der Waals surface area (Å²) in [6, 6.07) is 9.10. The molecule has 10 nitrogen and oxygen atoms in total. The van der Waals surface area contributed by atoms with Gasteiger partial charge in [0, 0.05) is 45.2 Å². The molecule has 3 aromatic rings. The molecule has 4 rings (SSSR count). The van der Waals surface area contributed by atoms with Gasteiger partial charge in [-0.25, -0.2) is 15.0 Å². The second kappa shape index (κ2) is 10.2. The molecule has 168 valence electrons. The molecule has 0 spiro atoms. The first-order chi connectivity index (χ1) is 15.6. The minimum absolute atomic E-state index is 0.125. The molecule has 1 saturated heterocycles. The van der Waals surface area contributed by atoms with Gasteiger partial charge >= 0.3 is 0 Å². The van der Waals surface area contributed by atoms with Gasteiger partial charge in [0.1, 0.15) is 17.5 Å². The van der Waals surface area contributed by atoms with E-state index in [4.69, 9.17) is 4.74 Å². The number of nitrogens with zero attached hydrogens (tertiary/aromatic N) is 5. The van der Waals surface area contributed by atoms with Crippen LogP contribution in [0.3, 0.4) is 0 Å². The third-order valence-electron chi connectivity index (χ3n) is 5.22. The quantitative estimate of drug-likeness (QED) is 0.501. The fourth-order valence-corrected chi connectivity index (χ4v) is 3.57. The van der Waals surface area contributed by atoms with Crippen molar-refractivity contribution in [2.45, 2.75) is 19.9 Å². The maximum atomic E-state index is 12.5. The topological polar surface area (TPSA) is 114 Å². The van der Waals surface area contributed by atoms with Crippen LogP contribution in [0, 0.1) is 6.92 Å². The molecule has 0 aliphatic carbocycles. The molecule has 2 aromatic heterocycles. The molecular weight excluding hydrogens is 410 g/mol.